The molecule has 0 spiro atoms. The minimum Gasteiger partial charge on any atom is -0.266 e. The van der Waals surface area contributed by atoms with Crippen LogP contribution in [0.2, 0.25) is 0 Å². The molecule has 1 amide bonds. The molecule has 0 bridgehead atoms. The lowest BCUT2D eigenvalue weighted by Crippen LogP contribution is -2.15. The number of hydrogen-bond acceptors (Lipinski definition) is 5. The smallest absolute Gasteiger partial charge is 0.266 e. The molecular formula is C14H10BrN3O3S. The molecule has 1 heterocycles. The van der Waals surface area contributed by atoms with Crippen molar-refractivity contribution in [1.82, 2.24) is 5.43 Å². The molecule has 0 atom stereocenters. The van der Waals surface area contributed by atoms with Crippen molar-refractivity contribution in [2.24, 2.45) is 5.10 Å². The number of carbonyl (C=O) groups is 1. The van der Waals surface area contributed by atoms with E-state index in [2.05, 4.69) is 26.5 Å². The van der Waals surface area contributed by atoms with E-state index in [1.54, 1.807) is 36.4 Å². The maximum Gasteiger partial charge on any atom is 0.281 e. The first kappa shape index (κ1) is 16.1. The fourth-order valence-corrected chi connectivity index (χ4v) is 2.85. The van der Waals surface area contributed by atoms with Gasteiger partial charge in [-0.2, -0.15) is 5.10 Å². The van der Waals surface area contributed by atoms with Gasteiger partial charge < -0.3 is 0 Å². The summed E-state index contributed by atoms with van der Waals surface area (Å²) in [6.07, 6.45) is 4.43. The number of hydrazone groups is 1. The fourth-order valence-electron chi connectivity index (χ4n) is 1.57. The van der Waals surface area contributed by atoms with Crippen LogP contribution in [0.15, 0.2) is 51.4 Å². The zero-order chi connectivity index (χ0) is 15.9. The number of hydrogen-bond donors (Lipinski definition) is 1. The summed E-state index contributed by atoms with van der Waals surface area (Å²) in [5.74, 6) is -0.314. The molecule has 112 valence electrons. The zero-order valence-electron chi connectivity index (χ0n) is 11.1. The molecule has 0 fully saturated rings. The summed E-state index contributed by atoms with van der Waals surface area (Å²) in [4.78, 5) is 22.6. The largest absolute Gasteiger partial charge is 0.281 e. The van der Waals surface area contributed by atoms with Crippen molar-refractivity contribution >= 4 is 51.2 Å². The Hall–Kier alpha value is -2.32. The molecule has 0 saturated carbocycles. The van der Waals surface area contributed by atoms with Crippen molar-refractivity contribution in [3.05, 3.63) is 66.8 Å². The Morgan fingerprint density at radius 3 is 2.77 bits per heavy atom. The quantitative estimate of drug-likeness (QED) is 0.486. The number of nitro groups is 1. The second-order valence-electron chi connectivity index (χ2n) is 4.00. The van der Waals surface area contributed by atoms with Gasteiger partial charge in [0.25, 0.3) is 11.6 Å². The van der Waals surface area contributed by atoms with E-state index in [1.165, 1.54) is 29.7 Å². The van der Waals surface area contributed by atoms with Gasteiger partial charge in [0.15, 0.2) is 0 Å². The summed E-state index contributed by atoms with van der Waals surface area (Å²) in [5.41, 5.74) is 2.85. The van der Waals surface area contributed by atoms with Gasteiger partial charge in [0, 0.05) is 12.3 Å². The Morgan fingerprint density at radius 1 is 1.32 bits per heavy atom. The Bertz CT molecular complexity index is 755. The molecule has 0 aliphatic rings. The van der Waals surface area contributed by atoms with E-state index in [4.69, 9.17) is 0 Å². The normalized spacial score (nSPS) is 11.1. The monoisotopic (exact) mass is 379 g/mol. The summed E-state index contributed by atoms with van der Waals surface area (Å²) in [6, 6.07) is 9.82. The van der Waals surface area contributed by atoms with E-state index in [0.29, 0.717) is 10.4 Å². The van der Waals surface area contributed by atoms with Gasteiger partial charge >= 0.3 is 0 Å². The highest BCUT2D eigenvalue weighted by molar-refractivity contribution is 9.11. The van der Waals surface area contributed by atoms with Gasteiger partial charge in [-0.25, -0.2) is 5.43 Å². The maximum atomic E-state index is 11.7. The van der Waals surface area contributed by atoms with Gasteiger partial charge in [0.2, 0.25) is 0 Å². The van der Waals surface area contributed by atoms with E-state index in [1.807, 2.05) is 0 Å². The number of nitro benzene ring substituents is 1. The SMILES string of the molecule is O=C(N/N=C\C=C\c1ccccc1[N+](=O)[O-])c1ccc(Br)s1. The Balaban J connectivity index is 1.95. The highest BCUT2D eigenvalue weighted by Gasteiger charge is 2.09. The number of nitrogens with zero attached hydrogens (tertiary/aromatic N) is 2. The first-order valence-corrected chi connectivity index (χ1v) is 7.67. The van der Waals surface area contributed by atoms with Gasteiger partial charge in [0.05, 0.1) is 19.2 Å². The lowest BCUT2D eigenvalue weighted by Gasteiger charge is -1.95. The highest BCUT2D eigenvalue weighted by Crippen LogP contribution is 2.21. The van der Waals surface area contributed by atoms with E-state index in [9.17, 15) is 14.9 Å². The van der Waals surface area contributed by atoms with E-state index < -0.39 is 4.92 Å². The van der Waals surface area contributed by atoms with Gasteiger partial charge in [-0.15, -0.1) is 11.3 Å². The van der Waals surface area contributed by atoms with E-state index >= 15 is 0 Å². The van der Waals surface area contributed by atoms with Gasteiger partial charge in [0.1, 0.15) is 0 Å². The highest BCUT2D eigenvalue weighted by atomic mass is 79.9. The number of para-hydroxylation sites is 1. The average Bonchev–Trinajstić information content (AvgIpc) is 2.93. The van der Waals surface area contributed by atoms with Crippen LogP contribution in [0.3, 0.4) is 0 Å². The van der Waals surface area contributed by atoms with Crippen LogP contribution in [0.4, 0.5) is 5.69 Å². The molecule has 22 heavy (non-hydrogen) atoms. The van der Waals surface area contributed by atoms with Crippen molar-refractivity contribution in [2.45, 2.75) is 0 Å². The van der Waals surface area contributed by atoms with E-state index in [0.717, 1.165) is 3.79 Å². The van der Waals surface area contributed by atoms with Crippen LogP contribution in [0.5, 0.6) is 0 Å². The summed E-state index contributed by atoms with van der Waals surface area (Å²) in [5, 5.41) is 14.6. The molecule has 1 N–H and O–H groups in total. The molecular weight excluding hydrogens is 370 g/mol. The molecule has 0 unspecified atom stereocenters. The zero-order valence-corrected chi connectivity index (χ0v) is 13.5. The van der Waals surface area contributed by atoms with Crippen LogP contribution < -0.4 is 5.43 Å². The first-order chi connectivity index (χ1) is 10.6. The number of thiophene rings is 1. The molecule has 2 aromatic rings. The second kappa shape index (κ2) is 7.62. The molecule has 6 nitrogen and oxygen atoms in total. The third-order valence-electron chi connectivity index (χ3n) is 2.53. The van der Waals surface area contributed by atoms with Crippen LogP contribution in [0.1, 0.15) is 15.2 Å². The van der Waals surface area contributed by atoms with Crippen LogP contribution in [-0.4, -0.2) is 17.0 Å². The summed E-state index contributed by atoms with van der Waals surface area (Å²) in [7, 11) is 0. The average molecular weight is 380 g/mol. The minimum atomic E-state index is -0.451. The number of rotatable bonds is 5. The predicted octanol–water partition coefficient (Wildman–Crippen LogP) is 3.85. The van der Waals surface area contributed by atoms with Crippen molar-refractivity contribution < 1.29 is 9.72 Å². The number of benzene rings is 1. The lowest BCUT2D eigenvalue weighted by molar-refractivity contribution is -0.385. The molecule has 0 aliphatic carbocycles. The molecule has 0 saturated heterocycles. The van der Waals surface area contributed by atoms with Crippen LogP contribution >= 0.6 is 27.3 Å². The number of carbonyl (C=O) groups excluding carboxylic acids is 1. The predicted molar refractivity (Wildman–Crippen MR) is 90.1 cm³/mol. The summed E-state index contributed by atoms with van der Waals surface area (Å²) >= 11 is 4.57. The van der Waals surface area contributed by atoms with Gasteiger partial charge in [-0.3, -0.25) is 14.9 Å². The summed E-state index contributed by atoms with van der Waals surface area (Å²) < 4.78 is 0.859. The van der Waals surface area contributed by atoms with Crippen molar-refractivity contribution in [1.29, 1.82) is 0 Å². The third kappa shape index (κ3) is 4.34. The number of halogens is 1. The molecule has 1 aromatic heterocycles. The summed E-state index contributed by atoms with van der Waals surface area (Å²) in [6.45, 7) is 0. The fraction of sp³-hybridized carbons (Fsp3) is 0. The third-order valence-corrected chi connectivity index (χ3v) is 4.16. The van der Waals surface area contributed by atoms with Crippen molar-refractivity contribution in [3.8, 4) is 0 Å². The van der Waals surface area contributed by atoms with Gasteiger partial charge in [-0.05, 0) is 46.3 Å². The van der Waals surface area contributed by atoms with Gasteiger partial charge in [-0.1, -0.05) is 12.1 Å². The van der Waals surface area contributed by atoms with Crippen molar-refractivity contribution in [3.63, 3.8) is 0 Å². The Morgan fingerprint density at radius 2 is 2.09 bits per heavy atom. The topological polar surface area (TPSA) is 84.6 Å². The second-order valence-corrected chi connectivity index (χ2v) is 6.46. The lowest BCUT2D eigenvalue weighted by atomic mass is 10.2. The molecule has 8 heteroatoms. The minimum absolute atomic E-state index is 0.0135. The number of allylic oxidation sites excluding steroid dienone is 1. The molecule has 0 aliphatic heterocycles. The van der Waals surface area contributed by atoms with E-state index in [-0.39, 0.29) is 11.6 Å². The standard InChI is InChI=1S/C14H10BrN3O3S/c15-13-8-7-12(22-13)14(19)17-16-9-3-5-10-4-1-2-6-11(10)18(20)21/h1-9H,(H,17,19)/b5-3+,16-9-. The maximum absolute atomic E-state index is 11.7. The number of amides is 1. The first-order valence-electron chi connectivity index (χ1n) is 6.07. The molecule has 2 rings (SSSR count). The Labute approximate surface area is 138 Å². The van der Waals surface area contributed by atoms with Crippen LogP contribution in [0, 0.1) is 10.1 Å². The van der Waals surface area contributed by atoms with Crippen LogP contribution in [0.25, 0.3) is 6.08 Å². The van der Waals surface area contributed by atoms with Crippen LogP contribution in [-0.2, 0) is 0 Å². The molecule has 1 aromatic carbocycles. The number of nitrogens with one attached hydrogen (secondary N) is 1. The Kier molecular flexibility index (Phi) is 5.56. The molecule has 0 radical (unpaired) electrons. The van der Waals surface area contributed by atoms with Crippen molar-refractivity contribution in [2.75, 3.05) is 0 Å².